The molecular weight excluding hydrogens is 218 g/mol. The second-order valence-corrected chi connectivity index (χ2v) is 6.45. The molecule has 0 saturated carbocycles. The molecule has 3 aliphatic heterocycles. The first kappa shape index (κ1) is 10.7. The number of hydrogen-bond acceptors (Lipinski definition) is 4. The van der Waals surface area contributed by atoms with Gasteiger partial charge in [-0.2, -0.15) is 0 Å². The summed E-state index contributed by atoms with van der Waals surface area (Å²) in [5, 5.41) is 1.16. The van der Waals surface area contributed by atoms with E-state index < -0.39 is 0 Å². The SMILES string of the molecule is Cc1nc(C2(N)CN3CCC2CC3)sc1C. The zero-order valence-corrected chi connectivity index (χ0v) is 10.8. The van der Waals surface area contributed by atoms with Crippen molar-refractivity contribution in [3.05, 3.63) is 15.6 Å². The van der Waals surface area contributed by atoms with Gasteiger partial charge in [-0.15, -0.1) is 11.3 Å². The highest BCUT2D eigenvalue weighted by Gasteiger charge is 2.46. The van der Waals surface area contributed by atoms with Crippen LogP contribution in [0.15, 0.2) is 0 Å². The summed E-state index contributed by atoms with van der Waals surface area (Å²) < 4.78 is 0. The van der Waals surface area contributed by atoms with Crippen molar-refractivity contribution in [2.24, 2.45) is 11.7 Å². The molecule has 1 aromatic heterocycles. The molecule has 0 aromatic carbocycles. The molecule has 3 nitrogen and oxygen atoms in total. The van der Waals surface area contributed by atoms with Crippen LogP contribution >= 0.6 is 11.3 Å². The number of rotatable bonds is 1. The largest absolute Gasteiger partial charge is 0.318 e. The van der Waals surface area contributed by atoms with Gasteiger partial charge >= 0.3 is 0 Å². The van der Waals surface area contributed by atoms with Gasteiger partial charge in [-0.1, -0.05) is 0 Å². The van der Waals surface area contributed by atoms with Gasteiger partial charge in [0, 0.05) is 11.4 Å². The molecule has 88 valence electrons. The van der Waals surface area contributed by atoms with E-state index in [1.807, 2.05) is 0 Å². The highest BCUT2D eigenvalue weighted by molar-refractivity contribution is 7.11. The summed E-state index contributed by atoms with van der Waals surface area (Å²) in [5.74, 6) is 0.641. The number of thiazole rings is 1. The van der Waals surface area contributed by atoms with Crippen LogP contribution in [0.25, 0.3) is 0 Å². The first-order valence-electron chi connectivity index (χ1n) is 6.05. The van der Waals surface area contributed by atoms with Crippen LogP contribution in [0.4, 0.5) is 0 Å². The third-order valence-electron chi connectivity index (χ3n) is 4.23. The minimum atomic E-state index is -0.166. The van der Waals surface area contributed by atoms with Crippen molar-refractivity contribution in [1.82, 2.24) is 9.88 Å². The van der Waals surface area contributed by atoms with Gasteiger partial charge in [-0.3, -0.25) is 0 Å². The van der Waals surface area contributed by atoms with Crippen molar-refractivity contribution in [2.75, 3.05) is 19.6 Å². The predicted molar refractivity (Wildman–Crippen MR) is 66.6 cm³/mol. The first-order valence-corrected chi connectivity index (χ1v) is 6.87. The molecule has 2 bridgehead atoms. The van der Waals surface area contributed by atoms with Gasteiger partial charge in [-0.25, -0.2) is 4.98 Å². The summed E-state index contributed by atoms with van der Waals surface area (Å²) >= 11 is 1.80. The van der Waals surface area contributed by atoms with E-state index in [1.165, 1.54) is 30.8 Å². The van der Waals surface area contributed by atoms with E-state index >= 15 is 0 Å². The normalized spacial score (nSPS) is 37.9. The highest BCUT2D eigenvalue weighted by Crippen LogP contribution is 2.42. The molecule has 3 fully saturated rings. The van der Waals surface area contributed by atoms with Crippen LogP contribution in [-0.2, 0) is 5.54 Å². The standard InChI is InChI=1S/C12H19N3S/c1-8-9(2)16-11(14-8)12(13)7-15-5-3-10(12)4-6-15/h10H,3-7,13H2,1-2H3. The Morgan fingerprint density at radius 2 is 2.06 bits per heavy atom. The fourth-order valence-corrected chi connectivity index (χ4v) is 4.11. The van der Waals surface area contributed by atoms with E-state index in [9.17, 15) is 0 Å². The zero-order chi connectivity index (χ0) is 11.3. The lowest BCUT2D eigenvalue weighted by Gasteiger charge is -2.50. The maximum atomic E-state index is 6.65. The van der Waals surface area contributed by atoms with Crippen LogP contribution in [0.3, 0.4) is 0 Å². The number of hydrogen-bond donors (Lipinski definition) is 1. The summed E-state index contributed by atoms with van der Waals surface area (Å²) in [4.78, 5) is 8.50. The minimum Gasteiger partial charge on any atom is -0.318 e. The van der Waals surface area contributed by atoms with Gasteiger partial charge in [0.2, 0.25) is 0 Å². The lowest BCUT2D eigenvalue weighted by Crippen LogP contribution is -2.61. The molecule has 1 aromatic rings. The lowest BCUT2D eigenvalue weighted by atomic mass is 9.74. The molecule has 4 rings (SSSR count). The number of nitrogens with zero attached hydrogens (tertiary/aromatic N) is 2. The number of aryl methyl sites for hydroxylation is 2. The quantitative estimate of drug-likeness (QED) is 0.807. The van der Waals surface area contributed by atoms with E-state index in [0.29, 0.717) is 5.92 Å². The lowest BCUT2D eigenvalue weighted by molar-refractivity contribution is 0.0265. The smallest absolute Gasteiger partial charge is 0.115 e. The molecule has 0 amide bonds. The summed E-state index contributed by atoms with van der Waals surface area (Å²) in [6.07, 6.45) is 2.49. The fraction of sp³-hybridized carbons (Fsp3) is 0.750. The molecule has 2 N–H and O–H groups in total. The molecule has 1 unspecified atom stereocenters. The Bertz CT molecular complexity index is 387. The topological polar surface area (TPSA) is 42.1 Å². The molecule has 16 heavy (non-hydrogen) atoms. The van der Waals surface area contributed by atoms with Crippen molar-refractivity contribution >= 4 is 11.3 Å². The Morgan fingerprint density at radius 1 is 1.38 bits per heavy atom. The minimum absolute atomic E-state index is 0.166. The Morgan fingerprint density at radius 3 is 2.50 bits per heavy atom. The summed E-state index contributed by atoms with van der Waals surface area (Å²) in [6.45, 7) is 7.69. The predicted octanol–water partition coefficient (Wildman–Crippen LogP) is 1.64. The van der Waals surface area contributed by atoms with Crippen LogP contribution in [0, 0.1) is 19.8 Å². The van der Waals surface area contributed by atoms with Crippen molar-refractivity contribution in [1.29, 1.82) is 0 Å². The van der Waals surface area contributed by atoms with Crippen LogP contribution < -0.4 is 5.73 Å². The van der Waals surface area contributed by atoms with Crippen LogP contribution in [0.2, 0.25) is 0 Å². The number of piperidine rings is 3. The van der Waals surface area contributed by atoms with Crippen LogP contribution in [0.1, 0.15) is 28.4 Å². The number of nitrogens with two attached hydrogens (primary N) is 1. The van der Waals surface area contributed by atoms with Crippen molar-refractivity contribution in [3.8, 4) is 0 Å². The van der Waals surface area contributed by atoms with Gasteiger partial charge in [-0.05, 0) is 45.7 Å². The molecular formula is C12H19N3S. The second-order valence-electron chi connectivity index (χ2n) is 5.25. The highest BCUT2D eigenvalue weighted by atomic mass is 32.1. The number of aromatic nitrogens is 1. The zero-order valence-electron chi connectivity index (χ0n) is 9.99. The van der Waals surface area contributed by atoms with Crippen LogP contribution in [0.5, 0.6) is 0 Å². The Kier molecular flexibility index (Phi) is 2.35. The average Bonchev–Trinajstić information content (AvgIpc) is 2.61. The molecule has 4 heterocycles. The summed E-state index contributed by atoms with van der Waals surface area (Å²) in [5.41, 5.74) is 7.64. The molecule has 1 atom stereocenters. The van der Waals surface area contributed by atoms with Gasteiger partial charge < -0.3 is 10.6 Å². The molecule has 0 radical (unpaired) electrons. The molecule has 3 saturated heterocycles. The molecule has 0 aliphatic carbocycles. The van der Waals surface area contributed by atoms with Gasteiger partial charge in [0.15, 0.2) is 0 Å². The first-order chi connectivity index (χ1) is 7.59. The Hall–Kier alpha value is -0.450. The van der Waals surface area contributed by atoms with Gasteiger partial charge in [0.25, 0.3) is 0 Å². The maximum absolute atomic E-state index is 6.65. The van der Waals surface area contributed by atoms with E-state index in [1.54, 1.807) is 11.3 Å². The van der Waals surface area contributed by atoms with E-state index in [4.69, 9.17) is 10.7 Å². The van der Waals surface area contributed by atoms with Gasteiger partial charge in [0.1, 0.15) is 5.01 Å². The monoisotopic (exact) mass is 237 g/mol. The summed E-state index contributed by atoms with van der Waals surface area (Å²) in [6, 6.07) is 0. The number of fused-ring (bicyclic) bond motifs is 3. The maximum Gasteiger partial charge on any atom is 0.115 e. The molecule has 3 aliphatic rings. The van der Waals surface area contributed by atoms with Crippen molar-refractivity contribution < 1.29 is 0 Å². The van der Waals surface area contributed by atoms with E-state index in [2.05, 4.69) is 18.7 Å². The van der Waals surface area contributed by atoms with Crippen LogP contribution in [-0.4, -0.2) is 29.5 Å². The third-order valence-corrected chi connectivity index (χ3v) is 5.49. The van der Waals surface area contributed by atoms with E-state index in [0.717, 1.165) is 17.2 Å². The summed E-state index contributed by atoms with van der Waals surface area (Å²) in [7, 11) is 0. The van der Waals surface area contributed by atoms with Gasteiger partial charge in [0.05, 0.1) is 11.2 Å². The molecule has 4 heteroatoms. The average molecular weight is 237 g/mol. The van der Waals surface area contributed by atoms with Crippen molar-refractivity contribution in [3.63, 3.8) is 0 Å². The second kappa shape index (κ2) is 3.52. The fourth-order valence-electron chi connectivity index (χ4n) is 3.02. The van der Waals surface area contributed by atoms with Crippen molar-refractivity contribution in [2.45, 2.75) is 32.2 Å². The Balaban J connectivity index is 1.98. The third kappa shape index (κ3) is 1.44. The van der Waals surface area contributed by atoms with E-state index in [-0.39, 0.29) is 5.54 Å². The Labute approximate surface area is 101 Å². The molecule has 0 spiro atoms.